The minimum Gasteiger partial charge on any atom is -0.497 e. The molecule has 1 aromatic rings. The predicted molar refractivity (Wildman–Crippen MR) is 73.5 cm³/mol. The Kier molecular flexibility index (Phi) is 4.78. The van der Waals surface area contributed by atoms with Crippen molar-refractivity contribution < 1.29 is 22.6 Å². The summed E-state index contributed by atoms with van der Waals surface area (Å²) in [6.45, 7) is 3.62. The van der Waals surface area contributed by atoms with Crippen molar-refractivity contribution in [2.45, 2.75) is 44.7 Å². The van der Waals surface area contributed by atoms with Crippen molar-refractivity contribution in [3.05, 3.63) is 29.3 Å². The number of halogens is 3. The Morgan fingerprint density at radius 3 is 2.67 bits per heavy atom. The first-order valence-electron chi connectivity index (χ1n) is 6.99. The standard InChI is InChI=1S/C15H20F3NO2/c1-4-19-14-12-8-11(20-3)6-5-10(12)7-13(14)21-9(2)15(16,17)18/h5-6,8-9,13-14,19H,4,7H2,1-3H3. The number of rotatable bonds is 5. The van der Waals surface area contributed by atoms with Crippen molar-refractivity contribution in [2.24, 2.45) is 0 Å². The number of ether oxygens (including phenoxy) is 2. The maximum atomic E-state index is 12.7. The van der Waals surface area contributed by atoms with Crippen LogP contribution in [0.25, 0.3) is 0 Å². The van der Waals surface area contributed by atoms with Gasteiger partial charge in [0.25, 0.3) is 0 Å². The molecule has 3 atom stereocenters. The fourth-order valence-corrected chi connectivity index (χ4v) is 2.64. The van der Waals surface area contributed by atoms with Crippen molar-refractivity contribution in [3.8, 4) is 5.75 Å². The minimum atomic E-state index is -4.34. The van der Waals surface area contributed by atoms with E-state index < -0.39 is 18.4 Å². The second-order valence-electron chi connectivity index (χ2n) is 5.16. The van der Waals surface area contributed by atoms with Crippen LogP contribution in [0.4, 0.5) is 13.2 Å². The van der Waals surface area contributed by atoms with Gasteiger partial charge in [-0.25, -0.2) is 0 Å². The molecule has 3 nitrogen and oxygen atoms in total. The van der Waals surface area contributed by atoms with Gasteiger partial charge in [0.2, 0.25) is 0 Å². The summed E-state index contributed by atoms with van der Waals surface area (Å²) < 4.78 is 48.5. The van der Waals surface area contributed by atoms with Crippen LogP contribution in [-0.2, 0) is 11.2 Å². The first-order chi connectivity index (χ1) is 9.86. The van der Waals surface area contributed by atoms with Gasteiger partial charge in [-0.15, -0.1) is 0 Å². The lowest BCUT2D eigenvalue weighted by Gasteiger charge is -2.26. The van der Waals surface area contributed by atoms with Gasteiger partial charge in [0.1, 0.15) is 5.75 Å². The second kappa shape index (κ2) is 6.23. The van der Waals surface area contributed by atoms with Crippen molar-refractivity contribution >= 4 is 0 Å². The minimum absolute atomic E-state index is 0.245. The van der Waals surface area contributed by atoms with Crippen molar-refractivity contribution in [3.63, 3.8) is 0 Å². The quantitative estimate of drug-likeness (QED) is 0.906. The van der Waals surface area contributed by atoms with E-state index in [-0.39, 0.29) is 6.04 Å². The molecule has 1 N–H and O–H groups in total. The van der Waals surface area contributed by atoms with E-state index in [1.807, 2.05) is 25.1 Å². The molecule has 1 aliphatic carbocycles. The van der Waals surface area contributed by atoms with Gasteiger partial charge in [0, 0.05) is 6.42 Å². The summed E-state index contributed by atoms with van der Waals surface area (Å²) in [5, 5.41) is 3.21. The predicted octanol–water partition coefficient (Wildman–Crippen LogP) is 3.24. The first-order valence-corrected chi connectivity index (χ1v) is 6.99. The molecular formula is C15H20F3NO2. The Morgan fingerprint density at radius 1 is 1.38 bits per heavy atom. The zero-order valence-electron chi connectivity index (χ0n) is 12.3. The Hall–Kier alpha value is -1.27. The van der Waals surface area contributed by atoms with Crippen LogP contribution < -0.4 is 10.1 Å². The number of hydrogen-bond acceptors (Lipinski definition) is 3. The molecule has 0 aliphatic heterocycles. The summed E-state index contributed by atoms with van der Waals surface area (Å²) in [7, 11) is 1.57. The van der Waals surface area contributed by atoms with Gasteiger partial charge in [0.15, 0.2) is 6.10 Å². The van der Waals surface area contributed by atoms with Crippen LogP contribution in [0.1, 0.15) is 31.0 Å². The van der Waals surface area contributed by atoms with Crippen LogP contribution in [0.5, 0.6) is 5.75 Å². The molecule has 3 unspecified atom stereocenters. The fourth-order valence-electron chi connectivity index (χ4n) is 2.64. The monoisotopic (exact) mass is 303 g/mol. The Balaban J connectivity index is 2.21. The molecule has 0 aromatic heterocycles. The molecule has 0 bridgehead atoms. The molecule has 0 fully saturated rings. The highest BCUT2D eigenvalue weighted by molar-refractivity contribution is 5.42. The smallest absolute Gasteiger partial charge is 0.414 e. The third-order valence-electron chi connectivity index (χ3n) is 3.74. The molecule has 0 saturated carbocycles. The van der Waals surface area contributed by atoms with Gasteiger partial charge < -0.3 is 14.8 Å². The second-order valence-corrected chi connectivity index (χ2v) is 5.16. The van der Waals surface area contributed by atoms with Crippen molar-refractivity contribution in [1.29, 1.82) is 0 Å². The van der Waals surface area contributed by atoms with E-state index in [0.29, 0.717) is 18.7 Å². The lowest BCUT2D eigenvalue weighted by molar-refractivity contribution is -0.228. The normalized spacial score (nSPS) is 23.0. The van der Waals surface area contributed by atoms with Gasteiger partial charge in [-0.1, -0.05) is 13.0 Å². The van der Waals surface area contributed by atoms with Crippen LogP contribution in [0.3, 0.4) is 0 Å². The topological polar surface area (TPSA) is 30.5 Å². The van der Waals surface area contributed by atoms with Gasteiger partial charge in [-0.2, -0.15) is 13.2 Å². The lowest BCUT2D eigenvalue weighted by atomic mass is 10.1. The maximum absolute atomic E-state index is 12.7. The number of alkyl halides is 3. The molecule has 0 amide bonds. The van der Waals surface area contributed by atoms with Crippen molar-refractivity contribution in [1.82, 2.24) is 5.32 Å². The van der Waals surface area contributed by atoms with Crippen LogP contribution in [0.15, 0.2) is 18.2 Å². The molecule has 118 valence electrons. The summed E-state index contributed by atoms with van der Waals surface area (Å²) in [6, 6.07) is 5.33. The molecular weight excluding hydrogens is 283 g/mol. The molecule has 1 aliphatic rings. The van der Waals surface area contributed by atoms with E-state index in [2.05, 4.69) is 5.32 Å². The SMILES string of the molecule is CCNC1c2cc(OC)ccc2CC1OC(C)C(F)(F)F. The van der Waals surface area contributed by atoms with E-state index in [1.54, 1.807) is 7.11 Å². The number of hydrogen-bond donors (Lipinski definition) is 1. The summed E-state index contributed by atoms with van der Waals surface area (Å²) in [4.78, 5) is 0. The molecule has 1 aromatic carbocycles. The lowest BCUT2D eigenvalue weighted by Crippen LogP contribution is -2.38. The molecule has 2 rings (SSSR count). The zero-order valence-corrected chi connectivity index (χ0v) is 12.3. The third kappa shape index (κ3) is 3.49. The highest BCUT2D eigenvalue weighted by Gasteiger charge is 2.42. The number of nitrogens with one attached hydrogen (secondary N) is 1. The van der Waals surface area contributed by atoms with Gasteiger partial charge >= 0.3 is 6.18 Å². The molecule has 0 spiro atoms. The van der Waals surface area contributed by atoms with E-state index >= 15 is 0 Å². The Morgan fingerprint density at radius 2 is 2.10 bits per heavy atom. The summed E-state index contributed by atoms with van der Waals surface area (Å²) in [6.07, 6.45) is -6.18. The summed E-state index contributed by atoms with van der Waals surface area (Å²) in [5.74, 6) is 0.696. The van der Waals surface area contributed by atoms with Crippen LogP contribution >= 0.6 is 0 Å². The third-order valence-corrected chi connectivity index (χ3v) is 3.74. The van der Waals surface area contributed by atoms with Gasteiger partial charge in [0.05, 0.1) is 19.3 Å². The average molecular weight is 303 g/mol. The van der Waals surface area contributed by atoms with E-state index in [1.165, 1.54) is 0 Å². The molecule has 0 heterocycles. The average Bonchev–Trinajstić information content (AvgIpc) is 2.75. The Labute approximate surface area is 122 Å². The van der Waals surface area contributed by atoms with E-state index in [0.717, 1.165) is 18.1 Å². The number of fused-ring (bicyclic) bond motifs is 1. The fraction of sp³-hybridized carbons (Fsp3) is 0.600. The summed E-state index contributed by atoms with van der Waals surface area (Å²) in [5.41, 5.74) is 1.96. The van der Waals surface area contributed by atoms with Gasteiger partial charge in [-0.05, 0) is 36.7 Å². The summed E-state index contributed by atoms with van der Waals surface area (Å²) >= 11 is 0. The van der Waals surface area contributed by atoms with Crippen LogP contribution in [0.2, 0.25) is 0 Å². The number of benzene rings is 1. The number of likely N-dealkylation sites (N-methyl/N-ethyl adjacent to an activating group) is 1. The molecule has 0 radical (unpaired) electrons. The molecule has 21 heavy (non-hydrogen) atoms. The highest BCUT2D eigenvalue weighted by Crippen LogP contribution is 2.37. The van der Waals surface area contributed by atoms with Crippen LogP contribution in [-0.4, -0.2) is 32.0 Å². The highest BCUT2D eigenvalue weighted by atomic mass is 19.4. The first kappa shape index (κ1) is 16.1. The van der Waals surface area contributed by atoms with Crippen LogP contribution in [0, 0.1) is 0 Å². The van der Waals surface area contributed by atoms with E-state index in [4.69, 9.17) is 9.47 Å². The van der Waals surface area contributed by atoms with Crippen molar-refractivity contribution in [2.75, 3.05) is 13.7 Å². The molecule has 6 heteroatoms. The largest absolute Gasteiger partial charge is 0.497 e. The Bertz CT molecular complexity index is 490. The molecule has 0 saturated heterocycles. The maximum Gasteiger partial charge on any atom is 0.414 e. The number of methoxy groups -OCH3 is 1. The van der Waals surface area contributed by atoms with Gasteiger partial charge in [-0.3, -0.25) is 0 Å². The van der Waals surface area contributed by atoms with E-state index in [9.17, 15) is 13.2 Å². The zero-order chi connectivity index (χ0) is 15.6.